The van der Waals surface area contributed by atoms with E-state index in [1.165, 1.54) is 18.2 Å². The number of anilines is 1. The van der Waals surface area contributed by atoms with Gasteiger partial charge in [-0.2, -0.15) is 8.78 Å². The summed E-state index contributed by atoms with van der Waals surface area (Å²) in [6.45, 7) is 1.97. The van der Waals surface area contributed by atoms with E-state index in [-0.39, 0.29) is 18.1 Å². The molecule has 1 aromatic carbocycles. The summed E-state index contributed by atoms with van der Waals surface area (Å²) in [5, 5.41) is 5.03. The number of hydrogen-bond acceptors (Lipinski definition) is 4. The molecule has 0 aliphatic heterocycles. The molecule has 0 aromatic heterocycles. The van der Waals surface area contributed by atoms with Crippen molar-refractivity contribution in [1.29, 1.82) is 0 Å². The third-order valence-electron chi connectivity index (χ3n) is 2.24. The normalized spacial score (nSPS) is 11.4. The molecule has 0 unspecified atom stereocenters. The molecule has 0 bridgehead atoms. The Bertz CT molecular complexity index is 547. The van der Waals surface area contributed by atoms with E-state index in [0.717, 1.165) is 6.07 Å². The summed E-state index contributed by atoms with van der Waals surface area (Å²) in [5.41, 5.74) is -0.0194. The number of alkyl halides is 2. The molecule has 0 fully saturated rings. The smallest absolute Gasteiger partial charge is 0.341 e. The lowest BCUT2D eigenvalue weighted by Gasteiger charge is -2.11. The topological polar surface area (TPSA) is 75.3 Å². The van der Waals surface area contributed by atoms with E-state index < -0.39 is 20.5 Å². The van der Waals surface area contributed by atoms with Crippen LogP contribution in [0.2, 0.25) is 0 Å². The van der Waals surface area contributed by atoms with Gasteiger partial charge < -0.3 is 10.6 Å². The van der Waals surface area contributed by atoms with Crippen LogP contribution in [-0.4, -0.2) is 33.2 Å². The first kappa shape index (κ1) is 15.4. The molecule has 0 spiro atoms. The van der Waals surface area contributed by atoms with Crippen molar-refractivity contribution >= 4 is 21.4 Å². The Morgan fingerprint density at radius 3 is 2.53 bits per heavy atom. The Morgan fingerprint density at radius 1 is 1.32 bits per heavy atom. The number of hydrogen-bond donors (Lipinski definition) is 2. The zero-order valence-corrected chi connectivity index (χ0v) is 11.0. The third-order valence-corrected chi connectivity index (χ3v) is 3.68. The zero-order valence-electron chi connectivity index (χ0n) is 10.2. The van der Waals surface area contributed by atoms with Crippen LogP contribution in [0.25, 0.3) is 0 Å². The molecule has 8 heteroatoms. The highest BCUT2D eigenvalue weighted by Gasteiger charge is 2.28. The van der Waals surface area contributed by atoms with Crippen LogP contribution >= 0.6 is 0 Å². The van der Waals surface area contributed by atoms with Crippen LogP contribution < -0.4 is 10.6 Å². The fourth-order valence-corrected chi connectivity index (χ4v) is 2.30. The molecular formula is C11H14F2N2O3S. The molecule has 5 nitrogen and oxygen atoms in total. The predicted molar refractivity (Wildman–Crippen MR) is 66.8 cm³/mol. The van der Waals surface area contributed by atoms with E-state index in [9.17, 15) is 22.0 Å². The zero-order chi connectivity index (χ0) is 14.5. The lowest BCUT2D eigenvalue weighted by Crippen LogP contribution is -2.29. The van der Waals surface area contributed by atoms with Crippen molar-refractivity contribution in [2.24, 2.45) is 0 Å². The van der Waals surface area contributed by atoms with Crippen molar-refractivity contribution in [2.45, 2.75) is 17.6 Å². The van der Waals surface area contributed by atoms with Crippen LogP contribution in [-0.2, 0) is 14.6 Å². The van der Waals surface area contributed by atoms with Crippen molar-refractivity contribution in [3.8, 4) is 0 Å². The quantitative estimate of drug-likeness (QED) is 0.827. The number of sulfone groups is 1. The van der Waals surface area contributed by atoms with Crippen LogP contribution in [0.15, 0.2) is 29.2 Å². The number of carbonyl (C=O) groups excluding carboxylic acids is 1. The molecule has 0 radical (unpaired) electrons. The predicted octanol–water partition coefficient (Wildman–Crippen LogP) is 1.23. The first-order valence-electron chi connectivity index (χ1n) is 5.51. The van der Waals surface area contributed by atoms with Crippen LogP contribution in [0, 0.1) is 0 Å². The highest BCUT2D eigenvalue weighted by Crippen LogP contribution is 2.25. The molecule has 1 amide bonds. The van der Waals surface area contributed by atoms with E-state index >= 15 is 0 Å². The molecule has 0 aliphatic rings. The Morgan fingerprint density at radius 2 is 1.95 bits per heavy atom. The highest BCUT2D eigenvalue weighted by atomic mass is 32.2. The second kappa shape index (κ2) is 6.46. The van der Waals surface area contributed by atoms with Crippen molar-refractivity contribution in [3.05, 3.63) is 24.3 Å². The minimum Gasteiger partial charge on any atom is -0.375 e. The average molecular weight is 292 g/mol. The van der Waals surface area contributed by atoms with Crippen molar-refractivity contribution < 1.29 is 22.0 Å². The van der Waals surface area contributed by atoms with E-state index in [4.69, 9.17) is 0 Å². The molecule has 0 heterocycles. The van der Waals surface area contributed by atoms with Gasteiger partial charge in [-0.3, -0.25) is 4.79 Å². The van der Waals surface area contributed by atoms with Gasteiger partial charge in [0.15, 0.2) is 0 Å². The Balaban J connectivity index is 2.95. The lowest BCUT2D eigenvalue weighted by atomic mass is 10.3. The molecule has 0 saturated carbocycles. The van der Waals surface area contributed by atoms with Gasteiger partial charge in [0.25, 0.3) is 0 Å². The molecule has 1 rings (SSSR count). The highest BCUT2D eigenvalue weighted by molar-refractivity contribution is 7.91. The summed E-state index contributed by atoms with van der Waals surface area (Å²) < 4.78 is 47.9. The summed E-state index contributed by atoms with van der Waals surface area (Å²) in [6, 6.07) is 5.23. The maximum absolute atomic E-state index is 12.5. The fraction of sp³-hybridized carbons (Fsp3) is 0.364. The SMILES string of the molecule is CCNC(=O)CNc1ccccc1S(=O)(=O)C(F)F. The summed E-state index contributed by atoms with van der Waals surface area (Å²) in [7, 11) is -4.70. The number of halogens is 2. The number of benzene rings is 1. The summed E-state index contributed by atoms with van der Waals surface area (Å²) in [6.07, 6.45) is 0. The first-order valence-corrected chi connectivity index (χ1v) is 7.06. The van der Waals surface area contributed by atoms with E-state index in [1.807, 2.05) is 0 Å². The Labute approximate surface area is 109 Å². The van der Waals surface area contributed by atoms with Gasteiger partial charge in [-0.05, 0) is 19.1 Å². The largest absolute Gasteiger partial charge is 0.375 e. The minimum absolute atomic E-state index is 0.0194. The van der Waals surface area contributed by atoms with Crippen LogP contribution in [0.1, 0.15) is 6.92 Å². The van der Waals surface area contributed by atoms with Gasteiger partial charge in [0.1, 0.15) is 0 Å². The van der Waals surface area contributed by atoms with Gasteiger partial charge in [0.2, 0.25) is 15.7 Å². The molecule has 0 aliphatic carbocycles. The maximum Gasteiger partial charge on any atom is 0.341 e. The van der Waals surface area contributed by atoms with Gasteiger partial charge >= 0.3 is 5.76 Å². The fourth-order valence-electron chi connectivity index (χ4n) is 1.39. The van der Waals surface area contributed by atoms with Gasteiger partial charge in [0, 0.05) is 6.54 Å². The van der Waals surface area contributed by atoms with Gasteiger partial charge in [-0.15, -0.1) is 0 Å². The first-order chi connectivity index (χ1) is 8.89. The van der Waals surface area contributed by atoms with Crippen molar-refractivity contribution in [1.82, 2.24) is 5.32 Å². The summed E-state index contributed by atoms with van der Waals surface area (Å²) >= 11 is 0. The third kappa shape index (κ3) is 3.88. The van der Waals surface area contributed by atoms with Crippen LogP contribution in [0.4, 0.5) is 14.5 Å². The standard InChI is InChI=1S/C11H14F2N2O3S/c1-2-14-10(16)7-15-8-5-3-4-6-9(8)19(17,18)11(12)13/h3-6,11,15H,2,7H2,1H3,(H,14,16). The number of para-hydroxylation sites is 1. The van der Waals surface area contributed by atoms with E-state index in [0.29, 0.717) is 6.54 Å². The van der Waals surface area contributed by atoms with Gasteiger partial charge in [-0.1, -0.05) is 12.1 Å². The minimum atomic E-state index is -4.70. The van der Waals surface area contributed by atoms with Crippen LogP contribution in [0.3, 0.4) is 0 Å². The molecule has 1 aromatic rings. The number of nitrogens with one attached hydrogen (secondary N) is 2. The molecule has 0 saturated heterocycles. The van der Waals surface area contributed by atoms with E-state index in [2.05, 4.69) is 10.6 Å². The van der Waals surface area contributed by atoms with Crippen LogP contribution in [0.5, 0.6) is 0 Å². The molecule has 106 valence electrons. The second-order valence-corrected chi connectivity index (χ2v) is 5.50. The number of carbonyl (C=O) groups is 1. The number of likely N-dealkylation sites (N-methyl/N-ethyl adjacent to an activating group) is 1. The molecule has 0 atom stereocenters. The number of amides is 1. The summed E-state index contributed by atoms with van der Waals surface area (Å²) in [4.78, 5) is 10.7. The molecule has 2 N–H and O–H groups in total. The van der Waals surface area contributed by atoms with Crippen molar-refractivity contribution in [2.75, 3.05) is 18.4 Å². The average Bonchev–Trinajstić information content (AvgIpc) is 2.37. The Hall–Kier alpha value is -1.70. The second-order valence-electron chi connectivity index (χ2n) is 3.61. The van der Waals surface area contributed by atoms with Gasteiger partial charge in [-0.25, -0.2) is 8.42 Å². The Kier molecular flexibility index (Phi) is 5.22. The van der Waals surface area contributed by atoms with Gasteiger partial charge in [0.05, 0.1) is 17.1 Å². The summed E-state index contributed by atoms with van der Waals surface area (Å²) in [5.74, 6) is -3.85. The lowest BCUT2D eigenvalue weighted by molar-refractivity contribution is -0.119. The molecular weight excluding hydrogens is 278 g/mol. The monoisotopic (exact) mass is 292 g/mol. The number of rotatable bonds is 6. The van der Waals surface area contributed by atoms with Crippen molar-refractivity contribution in [3.63, 3.8) is 0 Å². The maximum atomic E-state index is 12.5. The van der Waals surface area contributed by atoms with E-state index in [1.54, 1.807) is 6.92 Å². The molecule has 19 heavy (non-hydrogen) atoms.